The molecule has 7 heteroatoms. The number of anilines is 1. The summed E-state index contributed by atoms with van der Waals surface area (Å²) in [6.45, 7) is 2.69. The lowest BCUT2D eigenvalue weighted by Crippen LogP contribution is -2.05. The predicted octanol–water partition coefficient (Wildman–Crippen LogP) is 2.93. The van der Waals surface area contributed by atoms with Crippen LogP contribution in [0, 0.1) is 6.92 Å². The van der Waals surface area contributed by atoms with E-state index < -0.39 is 0 Å². The van der Waals surface area contributed by atoms with Gasteiger partial charge in [-0.3, -0.25) is 4.68 Å². The molecular weight excluding hydrogens is 316 g/mol. The van der Waals surface area contributed by atoms with E-state index in [2.05, 4.69) is 39.3 Å². The van der Waals surface area contributed by atoms with Crippen LogP contribution in [0.1, 0.15) is 11.1 Å². The molecule has 124 valence electrons. The van der Waals surface area contributed by atoms with E-state index >= 15 is 0 Å². The van der Waals surface area contributed by atoms with Crippen LogP contribution in [0.2, 0.25) is 0 Å². The van der Waals surface area contributed by atoms with Crippen molar-refractivity contribution >= 4 is 5.82 Å². The van der Waals surface area contributed by atoms with Gasteiger partial charge in [0.1, 0.15) is 23.5 Å². The van der Waals surface area contributed by atoms with Crippen LogP contribution in [0.15, 0.2) is 59.4 Å². The summed E-state index contributed by atoms with van der Waals surface area (Å²) < 4.78 is 6.87. The smallest absolute Gasteiger partial charge is 0.182 e. The van der Waals surface area contributed by atoms with E-state index in [1.54, 1.807) is 18.3 Å². The first-order chi connectivity index (χ1) is 12.2. The topological polar surface area (TPSA) is 95.7 Å². The summed E-state index contributed by atoms with van der Waals surface area (Å²) in [5, 5.41) is 8.70. The van der Waals surface area contributed by atoms with E-state index in [0.29, 0.717) is 29.6 Å². The first kappa shape index (κ1) is 15.1. The Morgan fingerprint density at radius 2 is 2.00 bits per heavy atom. The number of benzene rings is 1. The molecule has 0 aliphatic heterocycles. The molecule has 0 atom stereocenters. The van der Waals surface area contributed by atoms with Crippen LogP contribution in [0.4, 0.5) is 5.82 Å². The van der Waals surface area contributed by atoms with Crippen molar-refractivity contribution < 1.29 is 4.52 Å². The molecule has 2 N–H and O–H groups in total. The van der Waals surface area contributed by atoms with Crippen molar-refractivity contribution in [1.29, 1.82) is 0 Å². The van der Waals surface area contributed by atoms with Crippen LogP contribution in [-0.2, 0) is 6.54 Å². The van der Waals surface area contributed by atoms with Crippen LogP contribution in [-0.4, -0.2) is 24.9 Å². The van der Waals surface area contributed by atoms with Gasteiger partial charge in [0.15, 0.2) is 5.82 Å². The van der Waals surface area contributed by atoms with E-state index in [1.807, 2.05) is 22.9 Å². The van der Waals surface area contributed by atoms with Gasteiger partial charge in [-0.15, -0.1) is 0 Å². The molecule has 0 fully saturated rings. The third kappa shape index (κ3) is 2.99. The fourth-order valence-electron chi connectivity index (χ4n) is 2.64. The highest BCUT2D eigenvalue weighted by molar-refractivity contribution is 5.63. The molecular formula is C18H16N6O. The number of nitrogen functional groups attached to an aromatic ring is 1. The zero-order valence-electron chi connectivity index (χ0n) is 13.6. The van der Waals surface area contributed by atoms with Crippen molar-refractivity contribution in [2.45, 2.75) is 13.5 Å². The quantitative estimate of drug-likeness (QED) is 0.617. The molecule has 0 amide bonds. The SMILES string of the molecule is Cc1ccccc1Cn1nc(-c2nccc(N)n2)cc1-c1ccon1. The molecule has 0 bridgehead atoms. The van der Waals surface area contributed by atoms with Gasteiger partial charge >= 0.3 is 0 Å². The molecule has 7 nitrogen and oxygen atoms in total. The van der Waals surface area contributed by atoms with Crippen LogP contribution in [0.25, 0.3) is 22.9 Å². The maximum absolute atomic E-state index is 5.77. The summed E-state index contributed by atoms with van der Waals surface area (Å²) in [5.74, 6) is 0.884. The minimum atomic E-state index is 0.404. The Labute approximate surface area is 144 Å². The Morgan fingerprint density at radius 3 is 2.76 bits per heavy atom. The first-order valence-corrected chi connectivity index (χ1v) is 7.83. The molecule has 4 aromatic rings. The molecule has 0 saturated heterocycles. The molecule has 4 rings (SSSR count). The summed E-state index contributed by atoms with van der Waals surface area (Å²) in [6, 6.07) is 13.5. The molecule has 0 aliphatic rings. The van der Waals surface area contributed by atoms with Gasteiger partial charge in [-0.25, -0.2) is 9.97 Å². The summed E-state index contributed by atoms with van der Waals surface area (Å²) in [6.07, 6.45) is 3.16. The largest absolute Gasteiger partial charge is 0.384 e. The van der Waals surface area contributed by atoms with E-state index in [4.69, 9.17) is 10.3 Å². The Balaban J connectivity index is 1.80. The molecule has 0 unspecified atom stereocenters. The van der Waals surface area contributed by atoms with Crippen molar-refractivity contribution in [3.63, 3.8) is 0 Å². The minimum Gasteiger partial charge on any atom is -0.384 e. The molecule has 3 aromatic heterocycles. The van der Waals surface area contributed by atoms with Gasteiger partial charge in [0.05, 0.1) is 12.2 Å². The van der Waals surface area contributed by atoms with Crippen molar-refractivity contribution in [3.05, 3.63) is 66.1 Å². The molecule has 1 aromatic carbocycles. The number of hydrogen-bond donors (Lipinski definition) is 1. The summed E-state index contributed by atoms with van der Waals surface area (Å²) in [4.78, 5) is 8.51. The van der Waals surface area contributed by atoms with E-state index in [9.17, 15) is 0 Å². The Bertz CT molecular complexity index is 1010. The molecule has 0 aliphatic carbocycles. The highest BCUT2D eigenvalue weighted by atomic mass is 16.5. The number of hydrogen-bond acceptors (Lipinski definition) is 6. The second-order valence-electron chi connectivity index (χ2n) is 5.69. The summed E-state index contributed by atoms with van der Waals surface area (Å²) in [5.41, 5.74) is 10.3. The second kappa shape index (κ2) is 6.20. The number of rotatable bonds is 4. The van der Waals surface area contributed by atoms with E-state index in [0.717, 1.165) is 5.69 Å². The lowest BCUT2D eigenvalue weighted by Gasteiger charge is -2.08. The van der Waals surface area contributed by atoms with Crippen LogP contribution < -0.4 is 5.73 Å². The van der Waals surface area contributed by atoms with Crippen LogP contribution in [0.3, 0.4) is 0 Å². The van der Waals surface area contributed by atoms with Crippen molar-refractivity contribution in [2.75, 3.05) is 5.73 Å². The van der Waals surface area contributed by atoms with E-state index in [1.165, 1.54) is 17.4 Å². The summed E-state index contributed by atoms with van der Waals surface area (Å²) in [7, 11) is 0. The molecule has 0 radical (unpaired) electrons. The Morgan fingerprint density at radius 1 is 1.12 bits per heavy atom. The monoisotopic (exact) mass is 332 g/mol. The van der Waals surface area contributed by atoms with E-state index in [-0.39, 0.29) is 0 Å². The standard InChI is InChI=1S/C18H16N6O/c1-12-4-2-3-5-13(12)11-24-16(14-7-9-25-23-14)10-15(22-24)18-20-8-6-17(19)21-18/h2-10H,11H2,1H3,(H2,19,20,21). The first-order valence-electron chi connectivity index (χ1n) is 7.83. The zero-order valence-corrected chi connectivity index (χ0v) is 13.6. The summed E-state index contributed by atoms with van der Waals surface area (Å²) >= 11 is 0. The molecule has 3 heterocycles. The van der Waals surface area contributed by atoms with Gasteiger partial charge in [0.25, 0.3) is 0 Å². The van der Waals surface area contributed by atoms with Crippen LogP contribution in [0.5, 0.6) is 0 Å². The number of aromatic nitrogens is 5. The Hall–Kier alpha value is -3.48. The number of nitrogens with two attached hydrogens (primary N) is 1. The van der Waals surface area contributed by atoms with Crippen molar-refractivity contribution in [2.24, 2.45) is 0 Å². The average molecular weight is 332 g/mol. The molecule has 0 saturated carbocycles. The van der Waals surface area contributed by atoms with Gasteiger partial charge in [-0.1, -0.05) is 29.4 Å². The fourth-order valence-corrected chi connectivity index (χ4v) is 2.64. The van der Waals surface area contributed by atoms with Gasteiger partial charge in [0, 0.05) is 12.3 Å². The van der Waals surface area contributed by atoms with Gasteiger partial charge < -0.3 is 10.3 Å². The van der Waals surface area contributed by atoms with Gasteiger partial charge in [0.2, 0.25) is 0 Å². The third-order valence-corrected chi connectivity index (χ3v) is 3.97. The van der Waals surface area contributed by atoms with Crippen molar-refractivity contribution in [1.82, 2.24) is 24.9 Å². The highest BCUT2D eigenvalue weighted by Gasteiger charge is 2.16. The zero-order chi connectivity index (χ0) is 17.2. The minimum absolute atomic E-state index is 0.404. The molecule has 25 heavy (non-hydrogen) atoms. The maximum Gasteiger partial charge on any atom is 0.182 e. The average Bonchev–Trinajstić information content (AvgIpc) is 3.26. The third-order valence-electron chi connectivity index (χ3n) is 3.97. The number of aryl methyl sites for hydroxylation is 1. The second-order valence-corrected chi connectivity index (χ2v) is 5.69. The Kier molecular flexibility index (Phi) is 3.74. The van der Waals surface area contributed by atoms with Gasteiger partial charge in [-0.05, 0) is 30.2 Å². The molecule has 0 spiro atoms. The fraction of sp³-hybridized carbons (Fsp3) is 0.111. The number of nitrogens with zero attached hydrogens (tertiary/aromatic N) is 5. The maximum atomic E-state index is 5.77. The predicted molar refractivity (Wildman–Crippen MR) is 93.4 cm³/mol. The van der Waals surface area contributed by atoms with Crippen LogP contribution >= 0.6 is 0 Å². The lowest BCUT2D eigenvalue weighted by molar-refractivity contribution is 0.421. The highest BCUT2D eigenvalue weighted by Crippen LogP contribution is 2.25. The van der Waals surface area contributed by atoms with Crippen molar-refractivity contribution in [3.8, 4) is 22.9 Å². The lowest BCUT2D eigenvalue weighted by atomic mass is 10.1. The normalized spacial score (nSPS) is 10.9. The van der Waals surface area contributed by atoms with Gasteiger partial charge in [-0.2, -0.15) is 5.10 Å².